The molecule has 3 aromatic carbocycles. The quantitative estimate of drug-likeness (QED) is 0.301. The Bertz CT molecular complexity index is 1640. The molecular formula is C26H17ClN2O4S. The van der Waals surface area contributed by atoms with Crippen LogP contribution < -0.4 is 15.1 Å². The summed E-state index contributed by atoms with van der Waals surface area (Å²) in [5, 5.41) is 1.49. The summed E-state index contributed by atoms with van der Waals surface area (Å²) in [7, 11) is 0. The minimum absolute atomic E-state index is 0.0415. The zero-order chi connectivity index (χ0) is 23.4. The maximum atomic E-state index is 13.7. The van der Waals surface area contributed by atoms with Gasteiger partial charge in [-0.2, -0.15) is 0 Å². The summed E-state index contributed by atoms with van der Waals surface area (Å²) in [6.45, 7) is 2.46. The Morgan fingerprint density at radius 1 is 1.09 bits per heavy atom. The van der Waals surface area contributed by atoms with Crippen LogP contribution in [0.3, 0.4) is 0 Å². The van der Waals surface area contributed by atoms with Crippen molar-refractivity contribution in [2.45, 2.75) is 13.0 Å². The zero-order valence-corrected chi connectivity index (χ0v) is 19.5. The highest BCUT2D eigenvalue weighted by molar-refractivity contribution is 7.22. The summed E-state index contributed by atoms with van der Waals surface area (Å²) in [6, 6.07) is 19.1. The van der Waals surface area contributed by atoms with Gasteiger partial charge in [0.2, 0.25) is 5.76 Å². The first-order chi connectivity index (χ1) is 16.5. The molecule has 34 heavy (non-hydrogen) atoms. The van der Waals surface area contributed by atoms with Crippen LogP contribution in [0.25, 0.3) is 21.2 Å². The van der Waals surface area contributed by atoms with E-state index in [1.54, 1.807) is 35.2 Å². The van der Waals surface area contributed by atoms with E-state index in [1.165, 1.54) is 11.3 Å². The van der Waals surface area contributed by atoms with Crippen molar-refractivity contribution in [1.82, 2.24) is 4.98 Å². The molecule has 0 aliphatic carbocycles. The number of halogens is 1. The largest absolute Gasteiger partial charge is 0.494 e. The monoisotopic (exact) mass is 488 g/mol. The van der Waals surface area contributed by atoms with E-state index in [0.29, 0.717) is 39.0 Å². The molecule has 1 unspecified atom stereocenters. The number of aromatic nitrogens is 1. The Morgan fingerprint density at radius 2 is 1.88 bits per heavy atom. The van der Waals surface area contributed by atoms with Crippen molar-refractivity contribution in [3.63, 3.8) is 0 Å². The van der Waals surface area contributed by atoms with E-state index in [0.717, 1.165) is 15.8 Å². The van der Waals surface area contributed by atoms with Crippen molar-refractivity contribution in [1.29, 1.82) is 0 Å². The SMILES string of the molecule is CCOc1ccc(C2c3c(oc4ccccc4c3=O)C(=O)N2c2nc3ccc(Cl)cc3s2)cc1. The summed E-state index contributed by atoms with van der Waals surface area (Å²) in [6.07, 6.45) is 0. The standard InChI is InChI=1S/C26H17ClN2O4S/c1-2-32-16-10-7-14(8-11-16)22-21-23(30)17-5-3-4-6-19(17)33-24(21)25(31)29(22)26-28-18-12-9-15(27)13-20(18)34-26/h3-13,22H,2H2,1H3. The zero-order valence-electron chi connectivity index (χ0n) is 17.9. The number of carbonyl (C=O) groups excluding carboxylic acids is 1. The number of thiazole rings is 1. The molecule has 1 aliphatic heterocycles. The van der Waals surface area contributed by atoms with Gasteiger partial charge in [-0.15, -0.1) is 0 Å². The molecule has 8 heteroatoms. The molecule has 0 saturated heterocycles. The van der Waals surface area contributed by atoms with Gasteiger partial charge in [0.25, 0.3) is 5.91 Å². The van der Waals surface area contributed by atoms with Crippen LogP contribution >= 0.6 is 22.9 Å². The van der Waals surface area contributed by atoms with Gasteiger partial charge in [-0.3, -0.25) is 14.5 Å². The second-order valence-corrected chi connectivity index (χ2v) is 9.30. The van der Waals surface area contributed by atoms with Gasteiger partial charge in [-0.25, -0.2) is 4.98 Å². The first-order valence-corrected chi connectivity index (χ1v) is 11.9. The highest BCUT2D eigenvalue weighted by Crippen LogP contribution is 2.44. The third-order valence-electron chi connectivity index (χ3n) is 5.83. The van der Waals surface area contributed by atoms with Crippen molar-refractivity contribution >= 4 is 55.2 Å². The molecule has 0 spiro atoms. The average Bonchev–Trinajstić information content (AvgIpc) is 3.38. The van der Waals surface area contributed by atoms with Crippen molar-refractivity contribution in [3.05, 3.63) is 98.9 Å². The van der Waals surface area contributed by atoms with E-state index in [9.17, 15) is 9.59 Å². The summed E-state index contributed by atoms with van der Waals surface area (Å²) < 4.78 is 12.4. The first kappa shape index (κ1) is 20.9. The fourth-order valence-electron chi connectivity index (χ4n) is 4.33. The number of hydrogen-bond donors (Lipinski definition) is 0. The smallest absolute Gasteiger partial charge is 0.297 e. The Hall–Kier alpha value is -3.68. The fraction of sp³-hybridized carbons (Fsp3) is 0.115. The van der Waals surface area contributed by atoms with E-state index in [-0.39, 0.29) is 11.2 Å². The van der Waals surface area contributed by atoms with Gasteiger partial charge in [0, 0.05) is 5.02 Å². The number of fused-ring (bicyclic) bond motifs is 3. The van der Waals surface area contributed by atoms with E-state index in [1.807, 2.05) is 43.3 Å². The number of carbonyl (C=O) groups is 1. The molecule has 1 aliphatic rings. The van der Waals surface area contributed by atoms with Crippen LogP contribution in [0, 0.1) is 0 Å². The molecule has 0 radical (unpaired) electrons. The minimum Gasteiger partial charge on any atom is -0.494 e. The number of benzene rings is 3. The third kappa shape index (κ3) is 3.20. The molecule has 1 amide bonds. The predicted octanol–water partition coefficient (Wildman–Crippen LogP) is 6.20. The van der Waals surface area contributed by atoms with Crippen LogP contribution in [0.1, 0.15) is 34.6 Å². The third-order valence-corrected chi connectivity index (χ3v) is 7.08. The molecule has 168 valence electrons. The normalized spacial score (nSPS) is 15.3. The molecule has 6 nitrogen and oxygen atoms in total. The topological polar surface area (TPSA) is 72.6 Å². The van der Waals surface area contributed by atoms with Gasteiger partial charge in [0.15, 0.2) is 10.6 Å². The van der Waals surface area contributed by atoms with Gasteiger partial charge < -0.3 is 9.15 Å². The van der Waals surface area contributed by atoms with Crippen LogP contribution in [-0.4, -0.2) is 17.5 Å². The van der Waals surface area contributed by atoms with E-state index >= 15 is 0 Å². The Balaban J connectivity index is 1.59. The lowest BCUT2D eigenvalue weighted by Gasteiger charge is -2.22. The lowest BCUT2D eigenvalue weighted by molar-refractivity contribution is 0.0971. The molecule has 6 rings (SSSR count). The number of anilines is 1. The maximum absolute atomic E-state index is 13.7. The summed E-state index contributed by atoms with van der Waals surface area (Å²) in [5.74, 6) is 0.351. The highest BCUT2D eigenvalue weighted by Gasteiger charge is 2.45. The Kier molecular flexibility index (Phi) is 4.90. The number of ether oxygens (including phenoxy) is 1. The van der Waals surface area contributed by atoms with E-state index < -0.39 is 11.9 Å². The average molecular weight is 489 g/mol. The molecule has 2 aromatic heterocycles. The van der Waals surface area contributed by atoms with Crippen LogP contribution in [0.2, 0.25) is 5.02 Å². The number of para-hydroxylation sites is 1. The number of hydrogen-bond acceptors (Lipinski definition) is 6. The van der Waals surface area contributed by atoms with Crippen LogP contribution in [0.5, 0.6) is 5.75 Å². The number of nitrogens with zero attached hydrogens (tertiary/aromatic N) is 2. The molecule has 0 saturated carbocycles. The van der Waals surface area contributed by atoms with Crippen LogP contribution in [0.4, 0.5) is 5.13 Å². The summed E-state index contributed by atoms with van der Waals surface area (Å²) in [4.78, 5) is 33.5. The second kappa shape index (κ2) is 7.97. The summed E-state index contributed by atoms with van der Waals surface area (Å²) in [5.41, 5.74) is 1.95. The van der Waals surface area contributed by atoms with Crippen LogP contribution in [-0.2, 0) is 0 Å². The minimum atomic E-state index is -0.685. The molecular weight excluding hydrogens is 472 g/mol. The van der Waals surface area contributed by atoms with Crippen molar-refractivity contribution in [3.8, 4) is 5.75 Å². The van der Waals surface area contributed by atoms with E-state index in [4.69, 9.17) is 20.8 Å². The summed E-state index contributed by atoms with van der Waals surface area (Å²) >= 11 is 7.51. The fourth-order valence-corrected chi connectivity index (χ4v) is 5.60. The molecule has 0 N–H and O–H groups in total. The molecule has 0 bridgehead atoms. The van der Waals surface area contributed by atoms with Crippen molar-refractivity contribution in [2.24, 2.45) is 0 Å². The Morgan fingerprint density at radius 3 is 2.68 bits per heavy atom. The maximum Gasteiger partial charge on any atom is 0.297 e. The van der Waals surface area contributed by atoms with Crippen molar-refractivity contribution < 1.29 is 13.9 Å². The highest BCUT2D eigenvalue weighted by atomic mass is 35.5. The lowest BCUT2D eigenvalue weighted by atomic mass is 9.98. The molecule has 3 heterocycles. The second-order valence-electron chi connectivity index (χ2n) is 7.86. The lowest BCUT2D eigenvalue weighted by Crippen LogP contribution is -2.29. The van der Waals surface area contributed by atoms with Gasteiger partial charge in [-0.05, 0) is 55.0 Å². The van der Waals surface area contributed by atoms with Gasteiger partial charge in [0.1, 0.15) is 11.3 Å². The predicted molar refractivity (Wildman–Crippen MR) is 133 cm³/mol. The number of amides is 1. The van der Waals surface area contributed by atoms with E-state index in [2.05, 4.69) is 4.98 Å². The van der Waals surface area contributed by atoms with Crippen LogP contribution in [0.15, 0.2) is 75.9 Å². The molecule has 1 atom stereocenters. The first-order valence-electron chi connectivity index (χ1n) is 10.7. The van der Waals surface area contributed by atoms with Gasteiger partial charge >= 0.3 is 0 Å². The molecule has 0 fully saturated rings. The van der Waals surface area contributed by atoms with Gasteiger partial charge in [-0.1, -0.05) is 47.2 Å². The Labute approximate surface area is 203 Å². The van der Waals surface area contributed by atoms with Gasteiger partial charge in [0.05, 0.1) is 33.8 Å². The molecule has 5 aromatic rings. The van der Waals surface area contributed by atoms with Crippen molar-refractivity contribution in [2.75, 3.05) is 11.5 Å². The number of rotatable bonds is 4.